The lowest BCUT2D eigenvalue weighted by atomic mass is 10.2. The molecule has 0 bridgehead atoms. The minimum Gasteiger partial charge on any atom is -0.341 e. The molecule has 0 saturated carbocycles. The Morgan fingerprint density at radius 3 is 2.58 bits per heavy atom. The fraction of sp³-hybridized carbons (Fsp3) is 0.412. The topological polar surface area (TPSA) is 83.1 Å². The maximum absolute atomic E-state index is 12.3. The van der Waals surface area contributed by atoms with Gasteiger partial charge in [0.25, 0.3) is 0 Å². The number of hydrogen-bond acceptors (Lipinski definition) is 4. The van der Waals surface area contributed by atoms with Crippen LogP contribution in [0.4, 0.5) is 0 Å². The van der Waals surface area contributed by atoms with Crippen LogP contribution in [0.3, 0.4) is 0 Å². The fourth-order valence-electron chi connectivity index (χ4n) is 2.33. The number of carbonyl (C=O) groups excluding carboxylic acids is 1. The Bertz CT molecular complexity index is 769. The lowest BCUT2D eigenvalue weighted by Crippen LogP contribution is -2.29. The Morgan fingerprint density at radius 2 is 1.92 bits per heavy atom. The number of sulfonamides is 1. The van der Waals surface area contributed by atoms with E-state index < -0.39 is 10.0 Å². The van der Waals surface area contributed by atoms with Crippen molar-refractivity contribution in [2.75, 3.05) is 12.8 Å². The molecule has 1 aromatic carbocycles. The molecule has 1 aromatic heterocycles. The summed E-state index contributed by atoms with van der Waals surface area (Å²) in [5, 5.41) is 0. The van der Waals surface area contributed by atoms with Gasteiger partial charge in [-0.15, -0.1) is 0 Å². The molecule has 1 N–H and O–H groups in total. The highest BCUT2D eigenvalue weighted by Crippen LogP contribution is 2.17. The smallest absolute Gasteiger partial charge is 0.214 e. The molecule has 24 heavy (non-hydrogen) atoms. The summed E-state index contributed by atoms with van der Waals surface area (Å²) in [7, 11) is -1.80. The van der Waals surface area contributed by atoms with Gasteiger partial charge in [-0.2, -0.15) is 4.31 Å². The van der Waals surface area contributed by atoms with Gasteiger partial charge in [0.1, 0.15) is 11.6 Å². The van der Waals surface area contributed by atoms with Gasteiger partial charge in [-0.05, 0) is 25.3 Å². The minimum atomic E-state index is -3.35. The Kier molecular flexibility index (Phi) is 6.28. The molecule has 0 spiro atoms. The van der Waals surface area contributed by atoms with Crippen LogP contribution < -0.4 is 0 Å². The van der Waals surface area contributed by atoms with Gasteiger partial charge in [0, 0.05) is 13.5 Å². The number of unbranched alkanes of at least 4 members (excludes halogenated alkanes) is 1. The molecular formula is C17H23N3O3S. The van der Waals surface area contributed by atoms with Gasteiger partial charge >= 0.3 is 0 Å². The van der Waals surface area contributed by atoms with Crippen molar-refractivity contribution in [3.05, 3.63) is 42.4 Å². The molecule has 0 atom stereocenters. The zero-order valence-corrected chi connectivity index (χ0v) is 14.8. The Balaban J connectivity index is 1.93. The van der Waals surface area contributed by atoms with Crippen LogP contribution in [0.1, 0.15) is 32.0 Å². The summed E-state index contributed by atoms with van der Waals surface area (Å²) >= 11 is 0. The number of imidazole rings is 1. The number of carbonyl (C=O) groups is 1. The normalized spacial score (nSPS) is 11.8. The third-order valence-electron chi connectivity index (χ3n) is 3.74. The van der Waals surface area contributed by atoms with Crippen molar-refractivity contribution < 1.29 is 13.2 Å². The predicted molar refractivity (Wildman–Crippen MR) is 93.8 cm³/mol. The van der Waals surface area contributed by atoms with E-state index in [1.807, 2.05) is 30.3 Å². The molecule has 0 aliphatic carbocycles. The van der Waals surface area contributed by atoms with Gasteiger partial charge in [-0.3, -0.25) is 0 Å². The van der Waals surface area contributed by atoms with E-state index in [0.29, 0.717) is 25.1 Å². The van der Waals surface area contributed by atoms with Crippen molar-refractivity contribution in [2.45, 2.75) is 32.7 Å². The lowest BCUT2D eigenvalue weighted by Gasteiger charge is -2.15. The number of aromatic amines is 1. The number of benzene rings is 1. The molecule has 6 nitrogen and oxygen atoms in total. The number of rotatable bonds is 9. The van der Waals surface area contributed by atoms with Crippen molar-refractivity contribution in [1.29, 1.82) is 0 Å². The molecule has 1 heterocycles. The molecule has 0 fully saturated rings. The summed E-state index contributed by atoms with van der Waals surface area (Å²) in [5.41, 5.74) is 1.86. The van der Waals surface area contributed by atoms with E-state index in [9.17, 15) is 13.2 Å². The van der Waals surface area contributed by atoms with E-state index >= 15 is 0 Å². The Morgan fingerprint density at radius 1 is 1.21 bits per heavy atom. The van der Waals surface area contributed by atoms with Crippen LogP contribution in [-0.2, 0) is 21.4 Å². The van der Waals surface area contributed by atoms with Crippen LogP contribution in [0.15, 0.2) is 36.5 Å². The van der Waals surface area contributed by atoms with Gasteiger partial charge in [-0.1, -0.05) is 30.3 Å². The molecule has 0 aliphatic rings. The summed E-state index contributed by atoms with van der Waals surface area (Å²) in [6, 6.07) is 9.74. The maximum atomic E-state index is 12.3. The van der Waals surface area contributed by atoms with Crippen LogP contribution in [-0.4, -0.2) is 41.3 Å². The summed E-state index contributed by atoms with van der Waals surface area (Å²) in [5.74, 6) is 0.733. The minimum absolute atomic E-state index is 0.0447. The number of Topliss-reactive ketones (excluding diaryl/α,β-unsaturated/α-hetero) is 1. The molecule has 0 saturated heterocycles. The average Bonchev–Trinajstić information content (AvgIpc) is 3.01. The SMILES string of the molecule is CC(=O)CCCCS(=O)(=O)N(C)Cc1ncc(-c2ccccc2)[nH]1. The second-order valence-electron chi connectivity index (χ2n) is 5.84. The first-order chi connectivity index (χ1) is 11.4. The highest BCUT2D eigenvalue weighted by atomic mass is 32.2. The van der Waals surface area contributed by atoms with Crippen molar-refractivity contribution in [2.24, 2.45) is 0 Å². The number of hydrogen-bond donors (Lipinski definition) is 1. The number of aromatic nitrogens is 2. The van der Waals surface area contributed by atoms with Gasteiger partial charge in [0.2, 0.25) is 10.0 Å². The molecule has 0 aliphatic heterocycles. The van der Waals surface area contributed by atoms with Crippen molar-refractivity contribution >= 4 is 15.8 Å². The monoisotopic (exact) mass is 349 g/mol. The fourth-order valence-corrected chi connectivity index (χ4v) is 3.53. The molecule has 130 valence electrons. The zero-order valence-electron chi connectivity index (χ0n) is 14.0. The number of H-pyrrole nitrogens is 1. The lowest BCUT2D eigenvalue weighted by molar-refractivity contribution is -0.117. The highest BCUT2D eigenvalue weighted by Gasteiger charge is 2.19. The Labute approximate surface area is 143 Å². The van der Waals surface area contributed by atoms with Crippen LogP contribution in [0.5, 0.6) is 0 Å². The van der Waals surface area contributed by atoms with Crippen LogP contribution in [0.2, 0.25) is 0 Å². The quantitative estimate of drug-likeness (QED) is 0.705. The summed E-state index contributed by atoms with van der Waals surface area (Å²) in [6.45, 7) is 1.71. The number of nitrogens with zero attached hydrogens (tertiary/aromatic N) is 2. The van der Waals surface area contributed by atoms with E-state index in [-0.39, 0.29) is 18.1 Å². The van der Waals surface area contributed by atoms with E-state index in [0.717, 1.165) is 11.3 Å². The first-order valence-corrected chi connectivity index (χ1v) is 9.52. The molecule has 2 aromatic rings. The van der Waals surface area contributed by atoms with Crippen LogP contribution in [0.25, 0.3) is 11.3 Å². The van der Waals surface area contributed by atoms with Crippen molar-refractivity contribution in [1.82, 2.24) is 14.3 Å². The molecule has 0 unspecified atom stereocenters. The Hall–Kier alpha value is -1.99. The van der Waals surface area contributed by atoms with Gasteiger partial charge in [0.15, 0.2) is 0 Å². The summed E-state index contributed by atoms with van der Waals surface area (Å²) in [4.78, 5) is 18.3. The van der Waals surface area contributed by atoms with E-state index in [1.54, 1.807) is 13.2 Å². The molecule has 0 amide bonds. The first-order valence-electron chi connectivity index (χ1n) is 7.91. The summed E-state index contributed by atoms with van der Waals surface area (Å²) in [6.07, 6.45) is 3.22. The third kappa shape index (κ3) is 5.28. The standard InChI is InChI=1S/C17H23N3O3S/c1-14(21)8-6-7-11-24(22,23)20(2)13-17-18-12-16(19-17)15-9-4-3-5-10-15/h3-5,9-10,12H,6-8,11,13H2,1-2H3,(H,18,19). The zero-order chi connectivity index (χ0) is 17.6. The molecule has 7 heteroatoms. The van der Waals surface area contributed by atoms with Crippen molar-refractivity contribution in [3.8, 4) is 11.3 Å². The molecule has 2 rings (SSSR count). The summed E-state index contributed by atoms with van der Waals surface area (Å²) < 4.78 is 25.8. The number of ketones is 1. The van der Waals surface area contributed by atoms with Crippen LogP contribution >= 0.6 is 0 Å². The van der Waals surface area contributed by atoms with E-state index in [2.05, 4.69) is 9.97 Å². The van der Waals surface area contributed by atoms with Gasteiger partial charge in [-0.25, -0.2) is 13.4 Å². The second-order valence-corrected chi connectivity index (χ2v) is 8.04. The van der Waals surface area contributed by atoms with Crippen molar-refractivity contribution in [3.63, 3.8) is 0 Å². The largest absolute Gasteiger partial charge is 0.341 e. The first kappa shape index (κ1) is 18.4. The highest BCUT2D eigenvalue weighted by molar-refractivity contribution is 7.89. The maximum Gasteiger partial charge on any atom is 0.214 e. The average molecular weight is 349 g/mol. The molecule has 0 radical (unpaired) electrons. The van der Waals surface area contributed by atoms with E-state index in [1.165, 1.54) is 11.2 Å². The van der Waals surface area contributed by atoms with Gasteiger partial charge in [0.05, 0.1) is 24.2 Å². The predicted octanol–water partition coefficient (Wildman–Crippen LogP) is 2.60. The van der Waals surface area contributed by atoms with Gasteiger partial charge < -0.3 is 9.78 Å². The molecular weight excluding hydrogens is 326 g/mol. The van der Waals surface area contributed by atoms with E-state index in [4.69, 9.17) is 0 Å². The van der Waals surface area contributed by atoms with Crippen LogP contribution in [0, 0.1) is 0 Å². The second kappa shape index (κ2) is 8.21. The third-order valence-corrected chi connectivity index (χ3v) is 5.63. The number of nitrogens with one attached hydrogen (secondary N) is 1.